The van der Waals surface area contributed by atoms with E-state index in [1.54, 1.807) is 6.07 Å². The molecule has 3 nitrogen and oxygen atoms in total. The molecule has 0 saturated heterocycles. The topological polar surface area (TPSA) is 64.9 Å². The van der Waals surface area contributed by atoms with Crippen molar-refractivity contribution in [3.8, 4) is 12.3 Å². The molecule has 1 aromatic heterocycles. The molecule has 0 aromatic carbocycles. The SMILES string of the molecule is C#Cc1c(N)ccnc1N. The maximum Gasteiger partial charge on any atom is 0.141 e. The fraction of sp³-hybridized carbons (Fsp3) is 0. The number of hydrogen-bond acceptors (Lipinski definition) is 3. The van der Waals surface area contributed by atoms with Crippen molar-refractivity contribution >= 4 is 11.5 Å². The van der Waals surface area contributed by atoms with Crippen LogP contribution in [0.3, 0.4) is 0 Å². The summed E-state index contributed by atoms with van der Waals surface area (Å²) >= 11 is 0. The quantitative estimate of drug-likeness (QED) is 0.498. The maximum absolute atomic E-state index is 5.47. The fourth-order valence-corrected chi connectivity index (χ4v) is 0.651. The van der Waals surface area contributed by atoms with Crippen molar-refractivity contribution < 1.29 is 0 Å². The lowest BCUT2D eigenvalue weighted by Gasteiger charge is -1.98. The number of nitrogens with zero attached hydrogens (tertiary/aromatic N) is 1. The second-order valence-electron chi connectivity index (χ2n) is 1.80. The number of anilines is 2. The molecule has 0 aliphatic heterocycles. The maximum atomic E-state index is 5.47. The normalized spacial score (nSPS) is 8.70. The summed E-state index contributed by atoms with van der Waals surface area (Å²) in [6, 6.07) is 1.62. The largest absolute Gasteiger partial charge is 0.398 e. The molecule has 0 spiro atoms. The minimum absolute atomic E-state index is 0.308. The van der Waals surface area contributed by atoms with E-state index in [0.29, 0.717) is 17.1 Å². The number of nitrogen functional groups attached to an aromatic ring is 2. The first-order chi connectivity index (χ1) is 4.75. The van der Waals surface area contributed by atoms with Gasteiger partial charge in [-0.1, -0.05) is 5.92 Å². The van der Waals surface area contributed by atoms with Crippen molar-refractivity contribution in [2.75, 3.05) is 11.5 Å². The zero-order valence-corrected chi connectivity index (χ0v) is 5.33. The van der Waals surface area contributed by atoms with Crippen LogP contribution in [0.4, 0.5) is 11.5 Å². The van der Waals surface area contributed by atoms with Crippen LogP contribution in [-0.2, 0) is 0 Å². The average molecular weight is 133 g/mol. The first-order valence-corrected chi connectivity index (χ1v) is 2.72. The van der Waals surface area contributed by atoms with E-state index in [0.717, 1.165) is 0 Å². The molecule has 0 fully saturated rings. The molecule has 1 rings (SSSR count). The Morgan fingerprint density at radius 3 is 2.60 bits per heavy atom. The Bertz CT molecular complexity index is 265. The summed E-state index contributed by atoms with van der Waals surface area (Å²) in [4.78, 5) is 3.77. The summed E-state index contributed by atoms with van der Waals surface area (Å²) in [5.41, 5.74) is 11.8. The van der Waals surface area contributed by atoms with Gasteiger partial charge in [-0.2, -0.15) is 0 Å². The van der Waals surface area contributed by atoms with Crippen molar-refractivity contribution in [3.05, 3.63) is 17.8 Å². The predicted molar refractivity (Wildman–Crippen MR) is 41.0 cm³/mol. The molecule has 1 heterocycles. The number of hydrogen-bond donors (Lipinski definition) is 2. The summed E-state index contributed by atoms with van der Waals surface area (Å²) < 4.78 is 0. The Kier molecular flexibility index (Phi) is 1.46. The number of aromatic nitrogens is 1. The van der Waals surface area contributed by atoms with Gasteiger partial charge in [0.2, 0.25) is 0 Å². The average Bonchev–Trinajstić information content (AvgIpc) is 1.88. The molecular weight excluding hydrogens is 126 g/mol. The van der Waals surface area contributed by atoms with Gasteiger partial charge in [0.15, 0.2) is 0 Å². The lowest BCUT2D eigenvalue weighted by Crippen LogP contribution is -1.98. The van der Waals surface area contributed by atoms with Gasteiger partial charge in [-0.05, 0) is 6.07 Å². The summed E-state index contributed by atoms with van der Waals surface area (Å²) in [5.74, 6) is 2.66. The monoisotopic (exact) mass is 133 g/mol. The van der Waals surface area contributed by atoms with Gasteiger partial charge in [-0.15, -0.1) is 6.42 Å². The van der Waals surface area contributed by atoms with Crippen LogP contribution in [0.25, 0.3) is 0 Å². The first kappa shape index (κ1) is 6.43. The lowest BCUT2D eigenvalue weighted by atomic mass is 10.2. The molecule has 0 aliphatic rings. The molecule has 0 aliphatic carbocycles. The second-order valence-corrected chi connectivity index (χ2v) is 1.80. The molecular formula is C7H7N3. The van der Waals surface area contributed by atoms with E-state index in [9.17, 15) is 0 Å². The van der Waals surface area contributed by atoms with E-state index in [1.807, 2.05) is 0 Å². The number of rotatable bonds is 0. The van der Waals surface area contributed by atoms with Gasteiger partial charge < -0.3 is 11.5 Å². The third-order valence-corrected chi connectivity index (χ3v) is 1.16. The molecule has 0 atom stereocenters. The van der Waals surface area contributed by atoms with Crippen LogP contribution >= 0.6 is 0 Å². The number of terminal acetylenes is 1. The Hall–Kier alpha value is -1.69. The van der Waals surface area contributed by atoms with Crippen LogP contribution in [0.5, 0.6) is 0 Å². The minimum atomic E-state index is 0.308. The Morgan fingerprint density at radius 1 is 1.50 bits per heavy atom. The zero-order valence-electron chi connectivity index (χ0n) is 5.33. The highest BCUT2D eigenvalue weighted by atomic mass is 14.8. The summed E-state index contributed by atoms with van der Waals surface area (Å²) in [6.07, 6.45) is 6.62. The van der Waals surface area contributed by atoms with Crippen LogP contribution < -0.4 is 11.5 Å². The third-order valence-electron chi connectivity index (χ3n) is 1.16. The second kappa shape index (κ2) is 2.28. The number of pyridine rings is 1. The summed E-state index contributed by atoms with van der Waals surface area (Å²) in [7, 11) is 0. The van der Waals surface area contributed by atoms with Crippen molar-refractivity contribution in [1.29, 1.82) is 0 Å². The molecule has 3 heteroatoms. The van der Waals surface area contributed by atoms with Crippen LogP contribution in [0.15, 0.2) is 12.3 Å². The van der Waals surface area contributed by atoms with Crippen LogP contribution in [0.1, 0.15) is 5.56 Å². The zero-order chi connectivity index (χ0) is 7.56. The smallest absolute Gasteiger partial charge is 0.141 e. The molecule has 0 amide bonds. The van der Waals surface area contributed by atoms with Gasteiger partial charge in [0.05, 0.1) is 11.3 Å². The number of nitrogens with two attached hydrogens (primary N) is 2. The summed E-state index contributed by atoms with van der Waals surface area (Å²) in [6.45, 7) is 0. The first-order valence-electron chi connectivity index (χ1n) is 2.72. The van der Waals surface area contributed by atoms with Crippen molar-refractivity contribution in [3.63, 3.8) is 0 Å². The lowest BCUT2D eigenvalue weighted by molar-refractivity contribution is 1.33. The van der Waals surface area contributed by atoms with Gasteiger partial charge in [-0.3, -0.25) is 0 Å². The molecule has 0 bridgehead atoms. The van der Waals surface area contributed by atoms with Gasteiger partial charge >= 0.3 is 0 Å². The minimum Gasteiger partial charge on any atom is -0.398 e. The summed E-state index contributed by atoms with van der Waals surface area (Å²) in [5, 5.41) is 0. The van der Waals surface area contributed by atoms with Crippen molar-refractivity contribution in [2.24, 2.45) is 0 Å². The van der Waals surface area contributed by atoms with Gasteiger partial charge in [0.1, 0.15) is 5.82 Å². The van der Waals surface area contributed by atoms with Crippen molar-refractivity contribution in [2.45, 2.75) is 0 Å². The Labute approximate surface area is 59.1 Å². The standard InChI is InChI=1S/C7H7N3/c1-2-5-6(8)3-4-10-7(5)9/h1,3-4H,(H4,8,9,10). The van der Waals surface area contributed by atoms with E-state index < -0.39 is 0 Å². The van der Waals surface area contributed by atoms with E-state index >= 15 is 0 Å². The van der Waals surface area contributed by atoms with Crippen LogP contribution in [0, 0.1) is 12.3 Å². The van der Waals surface area contributed by atoms with E-state index in [-0.39, 0.29) is 0 Å². The fourth-order valence-electron chi connectivity index (χ4n) is 0.651. The molecule has 10 heavy (non-hydrogen) atoms. The Morgan fingerprint density at radius 2 is 2.20 bits per heavy atom. The molecule has 50 valence electrons. The molecule has 0 unspecified atom stereocenters. The highest BCUT2D eigenvalue weighted by Crippen LogP contribution is 2.13. The van der Waals surface area contributed by atoms with Gasteiger partial charge in [0.25, 0.3) is 0 Å². The molecule has 1 aromatic rings. The predicted octanol–water partition coefficient (Wildman–Crippen LogP) is 0.227. The van der Waals surface area contributed by atoms with Crippen LogP contribution in [-0.4, -0.2) is 4.98 Å². The van der Waals surface area contributed by atoms with E-state index in [2.05, 4.69) is 10.9 Å². The molecule has 4 N–H and O–H groups in total. The molecule has 0 saturated carbocycles. The highest BCUT2D eigenvalue weighted by molar-refractivity contribution is 5.64. The van der Waals surface area contributed by atoms with E-state index in [1.165, 1.54) is 6.20 Å². The van der Waals surface area contributed by atoms with Gasteiger partial charge in [0, 0.05) is 6.20 Å². The van der Waals surface area contributed by atoms with Gasteiger partial charge in [-0.25, -0.2) is 4.98 Å². The van der Waals surface area contributed by atoms with Crippen LogP contribution in [0.2, 0.25) is 0 Å². The third kappa shape index (κ3) is 0.869. The van der Waals surface area contributed by atoms with Crippen molar-refractivity contribution in [1.82, 2.24) is 4.98 Å². The van der Waals surface area contributed by atoms with E-state index in [4.69, 9.17) is 17.9 Å². The Balaban J connectivity index is 3.34. The molecule has 0 radical (unpaired) electrons. The highest BCUT2D eigenvalue weighted by Gasteiger charge is 1.98.